The van der Waals surface area contributed by atoms with E-state index >= 15 is 0 Å². The molecule has 2 N–H and O–H groups in total. The highest BCUT2D eigenvalue weighted by Crippen LogP contribution is 2.16. The predicted molar refractivity (Wildman–Crippen MR) is 68.2 cm³/mol. The second-order valence-electron chi connectivity index (χ2n) is 3.53. The fourth-order valence-electron chi connectivity index (χ4n) is 1.52. The number of hydrogen-bond donors (Lipinski definition) is 2. The summed E-state index contributed by atoms with van der Waals surface area (Å²) < 4.78 is 5.25. The normalized spacial score (nSPS) is 10.6. The zero-order valence-corrected chi connectivity index (χ0v) is 9.68. The third-order valence-electron chi connectivity index (χ3n) is 2.38. The monoisotopic (exact) mass is 229 g/mol. The summed E-state index contributed by atoms with van der Waals surface area (Å²) in [6.07, 6.45) is 3.61. The standard InChI is InChI=1S/C13H15N3O/c1-17-13-7-3-2-5-11(13)9-15-16-10-12-6-4-8-14-12/h2-8,10,14-15H,9H2,1H3/b16-10-. The van der Waals surface area contributed by atoms with Crippen LogP contribution in [0.3, 0.4) is 0 Å². The predicted octanol–water partition coefficient (Wildman–Crippen LogP) is 2.15. The number of ether oxygens (including phenoxy) is 1. The van der Waals surface area contributed by atoms with E-state index in [-0.39, 0.29) is 0 Å². The van der Waals surface area contributed by atoms with E-state index in [4.69, 9.17) is 4.74 Å². The van der Waals surface area contributed by atoms with Gasteiger partial charge in [-0.05, 0) is 18.2 Å². The van der Waals surface area contributed by atoms with Crippen molar-refractivity contribution in [1.29, 1.82) is 0 Å². The Balaban J connectivity index is 1.90. The topological polar surface area (TPSA) is 49.4 Å². The molecule has 1 aromatic heterocycles. The summed E-state index contributed by atoms with van der Waals surface area (Å²) in [6, 6.07) is 11.8. The molecule has 0 aliphatic heterocycles. The summed E-state index contributed by atoms with van der Waals surface area (Å²) >= 11 is 0. The molecule has 4 nitrogen and oxygen atoms in total. The van der Waals surface area contributed by atoms with Crippen molar-refractivity contribution in [3.8, 4) is 5.75 Å². The minimum atomic E-state index is 0.640. The minimum absolute atomic E-state index is 0.640. The summed E-state index contributed by atoms with van der Waals surface area (Å²) in [7, 11) is 1.67. The zero-order chi connectivity index (χ0) is 11.9. The van der Waals surface area contributed by atoms with E-state index in [0.717, 1.165) is 17.0 Å². The first kappa shape index (κ1) is 11.3. The van der Waals surface area contributed by atoms with Crippen LogP contribution >= 0.6 is 0 Å². The zero-order valence-electron chi connectivity index (χ0n) is 9.68. The molecule has 0 saturated carbocycles. The van der Waals surface area contributed by atoms with Gasteiger partial charge in [0.25, 0.3) is 0 Å². The van der Waals surface area contributed by atoms with Crippen LogP contribution in [0.25, 0.3) is 0 Å². The molecule has 0 spiro atoms. The molecule has 17 heavy (non-hydrogen) atoms. The largest absolute Gasteiger partial charge is 0.496 e. The van der Waals surface area contributed by atoms with Crippen LogP contribution in [-0.4, -0.2) is 18.3 Å². The van der Waals surface area contributed by atoms with Gasteiger partial charge in [0.1, 0.15) is 5.75 Å². The van der Waals surface area contributed by atoms with Crippen LogP contribution in [0.5, 0.6) is 5.75 Å². The summed E-state index contributed by atoms with van der Waals surface area (Å²) in [5.41, 5.74) is 5.04. The molecule has 0 aliphatic carbocycles. The molecule has 0 unspecified atom stereocenters. The fraction of sp³-hybridized carbons (Fsp3) is 0.154. The van der Waals surface area contributed by atoms with Gasteiger partial charge in [-0.2, -0.15) is 5.10 Å². The van der Waals surface area contributed by atoms with Crippen LogP contribution in [0.2, 0.25) is 0 Å². The smallest absolute Gasteiger partial charge is 0.123 e. The van der Waals surface area contributed by atoms with Gasteiger partial charge in [0.05, 0.1) is 25.6 Å². The second kappa shape index (κ2) is 5.75. The first-order valence-electron chi connectivity index (χ1n) is 5.41. The van der Waals surface area contributed by atoms with Crippen molar-refractivity contribution in [1.82, 2.24) is 10.4 Å². The molecular weight excluding hydrogens is 214 g/mol. The highest BCUT2D eigenvalue weighted by molar-refractivity contribution is 5.76. The first-order valence-corrected chi connectivity index (χ1v) is 5.41. The van der Waals surface area contributed by atoms with Gasteiger partial charge in [-0.3, -0.25) is 0 Å². The number of H-pyrrole nitrogens is 1. The van der Waals surface area contributed by atoms with Crippen molar-refractivity contribution in [2.45, 2.75) is 6.54 Å². The fourth-order valence-corrected chi connectivity index (χ4v) is 1.52. The number of aromatic amines is 1. The Morgan fingerprint density at radius 1 is 1.29 bits per heavy atom. The number of nitrogens with zero attached hydrogens (tertiary/aromatic N) is 1. The summed E-state index contributed by atoms with van der Waals surface area (Å²) in [5, 5.41) is 4.12. The number of hydrazone groups is 1. The van der Waals surface area contributed by atoms with Gasteiger partial charge in [0.15, 0.2) is 0 Å². The molecule has 0 aliphatic rings. The summed E-state index contributed by atoms with van der Waals surface area (Å²) in [6.45, 7) is 0.640. The molecule has 0 bridgehead atoms. The maximum absolute atomic E-state index is 5.25. The Morgan fingerprint density at radius 2 is 2.18 bits per heavy atom. The molecule has 2 aromatic rings. The van der Waals surface area contributed by atoms with Gasteiger partial charge in [-0.25, -0.2) is 0 Å². The van der Waals surface area contributed by atoms with Crippen LogP contribution in [0.15, 0.2) is 47.7 Å². The molecule has 0 atom stereocenters. The first-order chi connectivity index (χ1) is 8.40. The molecule has 1 heterocycles. The lowest BCUT2D eigenvalue weighted by Gasteiger charge is -2.06. The quantitative estimate of drug-likeness (QED) is 0.609. The molecule has 2 rings (SSSR count). The van der Waals surface area contributed by atoms with Gasteiger partial charge >= 0.3 is 0 Å². The van der Waals surface area contributed by atoms with Crippen molar-refractivity contribution in [3.05, 3.63) is 53.9 Å². The van der Waals surface area contributed by atoms with Crippen LogP contribution in [-0.2, 0) is 6.54 Å². The van der Waals surface area contributed by atoms with Crippen molar-refractivity contribution < 1.29 is 4.74 Å². The third-order valence-corrected chi connectivity index (χ3v) is 2.38. The second-order valence-corrected chi connectivity index (χ2v) is 3.53. The van der Waals surface area contributed by atoms with Crippen LogP contribution < -0.4 is 10.2 Å². The van der Waals surface area contributed by atoms with E-state index in [0.29, 0.717) is 6.54 Å². The molecule has 4 heteroatoms. The lowest BCUT2D eigenvalue weighted by atomic mass is 10.2. The van der Waals surface area contributed by atoms with E-state index in [1.54, 1.807) is 13.3 Å². The van der Waals surface area contributed by atoms with Crippen LogP contribution in [0.4, 0.5) is 0 Å². The molecule has 88 valence electrons. The highest BCUT2D eigenvalue weighted by Gasteiger charge is 1.99. The maximum atomic E-state index is 5.25. The van der Waals surface area contributed by atoms with E-state index in [2.05, 4.69) is 15.5 Å². The Morgan fingerprint density at radius 3 is 2.94 bits per heavy atom. The van der Waals surface area contributed by atoms with Crippen LogP contribution in [0.1, 0.15) is 11.3 Å². The molecule has 0 amide bonds. The SMILES string of the molecule is COc1ccccc1CN/N=C\c1ccc[nH]1. The van der Waals surface area contributed by atoms with E-state index < -0.39 is 0 Å². The number of para-hydroxylation sites is 1. The van der Waals surface area contributed by atoms with Crippen LogP contribution in [0, 0.1) is 0 Å². The highest BCUT2D eigenvalue weighted by atomic mass is 16.5. The molecular formula is C13H15N3O. The summed E-state index contributed by atoms with van der Waals surface area (Å²) in [4.78, 5) is 3.04. The van der Waals surface area contributed by atoms with E-state index in [9.17, 15) is 0 Å². The lowest BCUT2D eigenvalue weighted by Crippen LogP contribution is -2.06. The Labute approximate surface area is 100 Å². The number of rotatable bonds is 5. The summed E-state index contributed by atoms with van der Waals surface area (Å²) in [5.74, 6) is 0.870. The third kappa shape index (κ3) is 3.11. The maximum Gasteiger partial charge on any atom is 0.123 e. The lowest BCUT2D eigenvalue weighted by molar-refractivity contribution is 0.408. The number of hydrogen-bond acceptors (Lipinski definition) is 3. The molecule has 0 radical (unpaired) electrons. The number of nitrogens with one attached hydrogen (secondary N) is 2. The van der Waals surface area contributed by atoms with Gasteiger partial charge in [0, 0.05) is 11.8 Å². The Hall–Kier alpha value is -2.23. The van der Waals surface area contributed by atoms with Gasteiger partial charge in [-0.15, -0.1) is 0 Å². The van der Waals surface area contributed by atoms with Crippen molar-refractivity contribution in [2.24, 2.45) is 5.10 Å². The molecule has 1 aromatic carbocycles. The van der Waals surface area contributed by atoms with Crippen molar-refractivity contribution in [3.63, 3.8) is 0 Å². The minimum Gasteiger partial charge on any atom is -0.496 e. The van der Waals surface area contributed by atoms with Crippen molar-refractivity contribution >= 4 is 6.21 Å². The molecule has 0 saturated heterocycles. The average molecular weight is 229 g/mol. The van der Waals surface area contributed by atoms with Crippen molar-refractivity contribution in [2.75, 3.05) is 7.11 Å². The number of aromatic nitrogens is 1. The average Bonchev–Trinajstić information content (AvgIpc) is 2.88. The Kier molecular flexibility index (Phi) is 3.81. The van der Waals surface area contributed by atoms with Gasteiger partial charge in [-0.1, -0.05) is 18.2 Å². The van der Waals surface area contributed by atoms with Gasteiger partial charge in [0.2, 0.25) is 0 Å². The Bertz CT molecular complexity index is 477. The van der Waals surface area contributed by atoms with E-state index in [1.807, 2.05) is 42.6 Å². The van der Waals surface area contributed by atoms with E-state index in [1.165, 1.54) is 0 Å². The number of methoxy groups -OCH3 is 1. The van der Waals surface area contributed by atoms with Gasteiger partial charge < -0.3 is 15.1 Å². The molecule has 0 fully saturated rings. The number of benzene rings is 1.